The molecule has 100 valence electrons. The van der Waals surface area contributed by atoms with E-state index < -0.39 is 0 Å². The Morgan fingerprint density at radius 1 is 1.24 bits per heavy atom. The Kier molecular flexibility index (Phi) is 8.46. The molecule has 4 nitrogen and oxygen atoms in total. The molecule has 0 aromatic carbocycles. The van der Waals surface area contributed by atoms with E-state index >= 15 is 0 Å². The van der Waals surface area contributed by atoms with Gasteiger partial charge in [0.1, 0.15) is 0 Å². The Bertz CT molecular complexity index is 242. The first kappa shape index (κ1) is 15.9. The highest BCUT2D eigenvalue weighted by molar-refractivity contribution is 5.83. The summed E-state index contributed by atoms with van der Waals surface area (Å²) in [5, 5.41) is 2.85. The Labute approximate surface area is 105 Å². The second-order valence-electron chi connectivity index (χ2n) is 4.46. The van der Waals surface area contributed by atoms with Crippen LogP contribution < -0.4 is 5.32 Å². The van der Waals surface area contributed by atoms with Crippen molar-refractivity contribution in [1.82, 2.24) is 10.2 Å². The van der Waals surface area contributed by atoms with Gasteiger partial charge < -0.3 is 10.2 Å². The number of hydrogen-bond acceptors (Lipinski definition) is 2. The number of carbonyl (C=O) groups excluding carboxylic acids is 2. The van der Waals surface area contributed by atoms with Gasteiger partial charge in [-0.1, -0.05) is 26.7 Å². The van der Waals surface area contributed by atoms with Gasteiger partial charge in [0.15, 0.2) is 0 Å². The van der Waals surface area contributed by atoms with Gasteiger partial charge in [-0.3, -0.25) is 9.59 Å². The van der Waals surface area contributed by atoms with Crippen molar-refractivity contribution in [3.8, 4) is 0 Å². The van der Waals surface area contributed by atoms with Crippen LogP contribution in [0.3, 0.4) is 0 Å². The molecule has 0 aliphatic carbocycles. The Hall–Kier alpha value is -1.06. The molecule has 4 heteroatoms. The minimum atomic E-state index is -0.0587. The van der Waals surface area contributed by atoms with Crippen LogP contribution in [0.5, 0.6) is 0 Å². The number of nitrogens with zero attached hydrogens (tertiary/aromatic N) is 1. The van der Waals surface area contributed by atoms with E-state index in [4.69, 9.17) is 0 Å². The van der Waals surface area contributed by atoms with Gasteiger partial charge in [-0.15, -0.1) is 0 Å². The molecule has 17 heavy (non-hydrogen) atoms. The van der Waals surface area contributed by atoms with Gasteiger partial charge in [0, 0.05) is 19.5 Å². The number of nitrogens with one attached hydrogen (secondary N) is 1. The first-order valence-corrected chi connectivity index (χ1v) is 6.56. The molecule has 1 unspecified atom stereocenters. The lowest BCUT2D eigenvalue weighted by Gasteiger charge is -2.26. The van der Waals surface area contributed by atoms with E-state index in [0.717, 1.165) is 25.7 Å². The Morgan fingerprint density at radius 3 is 2.35 bits per heavy atom. The zero-order chi connectivity index (χ0) is 13.3. The summed E-state index contributed by atoms with van der Waals surface area (Å²) in [6.07, 6.45) is 4.14. The first-order chi connectivity index (χ1) is 8.02. The molecule has 0 saturated carbocycles. The van der Waals surface area contributed by atoms with E-state index in [0.29, 0.717) is 6.54 Å². The van der Waals surface area contributed by atoms with Crippen molar-refractivity contribution in [1.29, 1.82) is 0 Å². The van der Waals surface area contributed by atoms with E-state index in [9.17, 15) is 9.59 Å². The van der Waals surface area contributed by atoms with Gasteiger partial charge in [-0.2, -0.15) is 0 Å². The van der Waals surface area contributed by atoms with Crippen molar-refractivity contribution in [3.63, 3.8) is 0 Å². The van der Waals surface area contributed by atoms with Gasteiger partial charge >= 0.3 is 0 Å². The van der Waals surface area contributed by atoms with Crippen LogP contribution in [0.15, 0.2) is 0 Å². The van der Waals surface area contributed by atoms with Gasteiger partial charge in [-0.25, -0.2) is 0 Å². The third-order valence-corrected chi connectivity index (χ3v) is 2.94. The van der Waals surface area contributed by atoms with E-state index in [-0.39, 0.29) is 24.4 Å². The zero-order valence-electron chi connectivity index (χ0n) is 11.6. The van der Waals surface area contributed by atoms with Crippen LogP contribution in [-0.2, 0) is 9.59 Å². The third-order valence-electron chi connectivity index (χ3n) is 2.94. The molecule has 1 atom stereocenters. The minimum absolute atomic E-state index is 0.0388. The topological polar surface area (TPSA) is 49.4 Å². The Balaban J connectivity index is 4.00. The molecule has 0 aliphatic rings. The quantitative estimate of drug-likeness (QED) is 0.661. The van der Waals surface area contributed by atoms with Crippen molar-refractivity contribution >= 4 is 11.8 Å². The lowest BCUT2D eigenvalue weighted by atomic mass is 10.2. The molecule has 0 fully saturated rings. The minimum Gasteiger partial charge on any atom is -0.355 e. The highest BCUT2D eigenvalue weighted by atomic mass is 16.2. The summed E-state index contributed by atoms with van der Waals surface area (Å²) >= 11 is 0. The SMILES string of the molecule is CCCCCNC(=O)CN(C(C)=O)C(C)CC. The molecule has 0 bridgehead atoms. The fourth-order valence-corrected chi connectivity index (χ4v) is 1.61. The molecular weight excluding hydrogens is 216 g/mol. The van der Waals surface area contributed by atoms with Crippen molar-refractivity contribution in [2.45, 2.75) is 59.4 Å². The van der Waals surface area contributed by atoms with Gasteiger partial charge in [0.25, 0.3) is 0 Å². The smallest absolute Gasteiger partial charge is 0.239 e. The van der Waals surface area contributed by atoms with Crippen LogP contribution in [0, 0.1) is 0 Å². The fourth-order valence-electron chi connectivity index (χ4n) is 1.61. The maximum atomic E-state index is 11.6. The molecule has 0 saturated heterocycles. The van der Waals surface area contributed by atoms with Crippen molar-refractivity contribution in [2.75, 3.05) is 13.1 Å². The molecule has 0 aromatic rings. The van der Waals surface area contributed by atoms with Crippen LogP contribution in [0.2, 0.25) is 0 Å². The van der Waals surface area contributed by atoms with Gasteiger partial charge in [0.05, 0.1) is 6.54 Å². The molecule has 0 rings (SSSR count). The number of unbranched alkanes of at least 4 members (excludes halogenated alkanes) is 2. The number of rotatable bonds is 8. The standard InChI is InChI=1S/C13H26N2O2/c1-5-7-8-9-14-13(17)10-15(12(4)16)11(3)6-2/h11H,5-10H2,1-4H3,(H,14,17). The highest BCUT2D eigenvalue weighted by Crippen LogP contribution is 2.03. The van der Waals surface area contributed by atoms with Crippen LogP contribution in [-0.4, -0.2) is 35.8 Å². The van der Waals surface area contributed by atoms with Crippen molar-refractivity contribution in [2.24, 2.45) is 0 Å². The summed E-state index contributed by atoms with van der Waals surface area (Å²) in [6.45, 7) is 8.50. The van der Waals surface area contributed by atoms with E-state index in [2.05, 4.69) is 12.2 Å². The zero-order valence-corrected chi connectivity index (χ0v) is 11.6. The average molecular weight is 242 g/mol. The highest BCUT2D eigenvalue weighted by Gasteiger charge is 2.17. The average Bonchev–Trinajstić information content (AvgIpc) is 2.30. The number of amides is 2. The van der Waals surface area contributed by atoms with E-state index in [1.807, 2.05) is 13.8 Å². The second kappa shape index (κ2) is 9.02. The predicted molar refractivity (Wildman–Crippen MR) is 69.7 cm³/mol. The first-order valence-electron chi connectivity index (χ1n) is 6.56. The normalized spacial score (nSPS) is 12.0. The monoisotopic (exact) mass is 242 g/mol. The number of hydrogen-bond donors (Lipinski definition) is 1. The molecule has 0 aromatic heterocycles. The lowest BCUT2D eigenvalue weighted by molar-refractivity contribution is -0.136. The molecule has 1 N–H and O–H groups in total. The number of carbonyl (C=O) groups is 2. The van der Waals surface area contributed by atoms with Crippen LogP contribution in [0.25, 0.3) is 0 Å². The molecule has 0 spiro atoms. The maximum absolute atomic E-state index is 11.6. The lowest BCUT2D eigenvalue weighted by Crippen LogP contribution is -2.44. The molecule has 0 aliphatic heterocycles. The maximum Gasteiger partial charge on any atom is 0.239 e. The summed E-state index contributed by atoms with van der Waals surface area (Å²) < 4.78 is 0. The van der Waals surface area contributed by atoms with Crippen LogP contribution >= 0.6 is 0 Å². The fraction of sp³-hybridized carbons (Fsp3) is 0.846. The van der Waals surface area contributed by atoms with Gasteiger partial charge in [0.2, 0.25) is 11.8 Å². The van der Waals surface area contributed by atoms with E-state index in [1.165, 1.54) is 6.92 Å². The largest absolute Gasteiger partial charge is 0.355 e. The van der Waals surface area contributed by atoms with Crippen molar-refractivity contribution in [3.05, 3.63) is 0 Å². The summed E-state index contributed by atoms with van der Waals surface area (Å²) in [5.74, 6) is -0.0975. The second-order valence-corrected chi connectivity index (χ2v) is 4.46. The summed E-state index contributed by atoms with van der Waals surface area (Å²) in [5.41, 5.74) is 0. The van der Waals surface area contributed by atoms with Crippen molar-refractivity contribution < 1.29 is 9.59 Å². The summed E-state index contributed by atoms with van der Waals surface area (Å²) in [4.78, 5) is 24.7. The molecule has 0 heterocycles. The molecule has 2 amide bonds. The summed E-state index contributed by atoms with van der Waals surface area (Å²) in [6, 6.07) is 0.119. The third kappa shape index (κ3) is 6.97. The molecular formula is C13H26N2O2. The van der Waals surface area contributed by atoms with Crippen LogP contribution in [0.4, 0.5) is 0 Å². The Morgan fingerprint density at radius 2 is 1.88 bits per heavy atom. The molecule has 0 radical (unpaired) electrons. The summed E-state index contributed by atoms with van der Waals surface area (Å²) in [7, 11) is 0. The van der Waals surface area contributed by atoms with Crippen LogP contribution in [0.1, 0.15) is 53.4 Å². The van der Waals surface area contributed by atoms with Gasteiger partial charge in [-0.05, 0) is 19.8 Å². The predicted octanol–water partition coefficient (Wildman–Crippen LogP) is 1.94. The van der Waals surface area contributed by atoms with E-state index in [1.54, 1.807) is 4.90 Å².